The zero-order valence-electron chi connectivity index (χ0n) is 4.28. The third-order valence-corrected chi connectivity index (χ3v) is 6.11. The van der Waals surface area contributed by atoms with Crippen LogP contribution in [0, 0.1) is 0 Å². The van der Waals surface area contributed by atoms with Crippen molar-refractivity contribution in [1.29, 1.82) is 0 Å². The average molecular weight is 209 g/mol. The summed E-state index contributed by atoms with van der Waals surface area (Å²) >= 11 is 0. The van der Waals surface area contributed by atoms with E-state index in [0.29, 0.717) is 0 Å². The van der Waals surface area contributed by atoms with E-state index in [9.17, 15) is 12.6 Å². The molecule has 0 aromatic carbocycles. The molecule has 0 saturated carbocycles. The van der Waals surface area contributed by atoms with Crippen molar-refractivity contribution in [2.24, 2.45) is 4.52 Å². The van der Waals surface area contributed by atoms with E-state index in [1.807, 2.05) is 0 Å². The summed E-state index contributed by atoms with van der Waals surface area (Å²) in [5, 5.41) is 0. The Bertz CT molecular complexity index is 284. The van der Waals surface area contributed by atoms with E-state index in [1.54, 1.807) is 0 Å². The molecule has 0 amide bonds. The number of hydrogen-bond donors (Lipinski definition) is 1. The zero-order valence-corrected chi connectivity index (χ0v) is 6.96. The molecule has 0 fully saturated rings. The van der Waals surface area contributed by atoms with Crippen molar-refractivity contribution in [2.75, 3.05) is 0 Å². The van der Waals surface area contributed by atoms with E-state index in [2.05, 4.69) is 8.82 Å². The molecule has 2 rings (SSSR count). The molecule has 1 unspecified atom stereocenters. The Balaban J connectivity index is 2.50. The number of rotatable bonds is 0. The Hall–Kier alpha value is 0.180. The van der Waals surface area contributed by atoms with Crippen LogP contribution in [0.2, 0.25) is 0 Å². The molecule has 10 heteroatoms. The SMILES string of the molecule is FP1(F)(F)NP=Np2on21. The summed E-state index contributed by atoms with van der Waals surface area (Å²) in [6, 6.07) is 0. The van der Waals surface area contributed by atoms with E-state index in [0.717, 1.165) is 0 Å². The molecule has 1 aromatic rings. The third kappa shape index (κ3) is 0.857. The van der Waals surface area contributed by atoms with E-state index in [-0.39, 0.29) is 12.8 Å². The van der Waals surface area contributed by atoms with Gasteiger partial charge in [-0.3, -0.25) is 0 Å². The molecule has 2 heterocycles. The van der Waals surface area contributed by atoms with Gasteiger partial charge >= 0.3 is 55.0 Å². The van der Waals surface area contributed by atoms with Gasteiger partial charge < -0.3 is 0 Å². The Kier molecular flexibility index (Phi) is 1.04. The first kappa shape index (κ1) is 6.86. The summed E-state index contributed by atoms with van der Waals surface area (Å²) in [6.45, 7) is 0. The molecule has 58 valence electrons. The summed E-state index contributed by atoms with van der Waals surface area (Å²) in [5.41, 5.74) is 0. The Morgan fingerprint density at radius 1 is 1.60 bits per heavy atom. The topological polar surface area (TPSA) is 42.5 Å². The van der Waals surface area contributed by atoms with Gasteiger partial charge in [-0.1, -0.05) is 0 Å². The van der Waals surface area contributed by atoms with Crippen LogP contribution in [0.3, 0.4) is 0 Å². The van der Waals surface area contributed by atoms with Gasteiger partial charge in [0.15, 0.2) is 0 Å². The molecule has 0 saturated heterocycles. The molecular formula is HF3N3OP3. The number of nitrogens with one attached hydrogen (secondary N) is 1. The number of aromatic nitrogens is 1. The van der Waals surface area contributed by atoms with Crippen LogP contribution >= 0.6 is 24.4 Å². The second kappa shape index (κ2) is 1.51. The Morgan fingerprint density at radius 3 is 2.80 bits per heavy atom. The van der Waals surface area contributed by atoms with Gasteiger partial charge in [-0.25, -0.2) is 0 Å². The monoisotopic (exact) mass is 209 g/mol. The number of hydrogen-bond acceptors (Lipinski definition) is 3. The van der Waals surface area contributed by atoms with Crippen molar-refractivity contribution in [3.63, 3.8) is 0 Å². The zero-order chi connectivity index (χ0) is 7.43. The standard InChI is InChI=1S/F3HN3OP3/c1-10(2,3)5-8-4-9-6(10)7-9/h(H,4,5). The molecule has 0 aliphatic carbocycles. The fraction of sp³-hybridized carbons (Fsp3) is 0. The first-order chi connectivity index (χ1) is 4.47. The van der Waals surface area contributed by atoms with Gasteiger partial charge in [0.2, 0.25) is 0 Å². The second-order valence-electron chi connectivity index (χ2n) is 1.65. The summed E-state index contributed by atoms with van der Waals surface area (Å²) in [4.78, 5) is 1.38. The van der Waals surface area contributed by atoms with Crippen LogP contribution in [0.25, 0.3) is 0 Å². The van der Waals surface area contributed by atoms with Gasteiger partial charge in [0.25, 0.3) is 0 Å². The molecule has 10 heavy (non-hydrogen) atoms. The van der Waals surface area contributed by atoms with Crippen LogP contribution in [-0.2, 0) is 0 Å². The Labute approximate surface area is 55.9 Å². The second-order valence-corrected chi connectivity index (χ2v) is 6.62. The van der Waals surface area contributed by atoms with Crippen LogP contribution in [0.15, 0.2) is 8.82 Å². The quantitative estimate of drug-likeness (QED) is 0.665. The molecule has 4 nitrogen and oxygen atoms in total. The van der Waals surface area contributed by atoms with Crippen LogP contribution in [0.5, 0.6) is 0 Å². The van der Waals surface area contributed by atoms with Crippen molar-refractivity contribution < 1.29 is 16.9 Å². The maximum absolute atomic E-state index is 12.4. The van der Waals surface area contributed by atoms with Gasteiger partial charge in [0, 0.05) is 0 Å². The van der Waals surface area contributed by atoms with Crippen LogP contribution in [-0.4, -0.2) is 4.27 Å². The molecule has 0 radical (unpaired) electrons. The summed E-state index contributed by atoms with van der Waals surface area (Å²) in [5.74, 6) is 0. The molecule has 0 bridgehead atoms. The number of fused-ring (bicyclic) bond motifs is 1. The minimum atomic E-state index is -6.29. The molecule has 1 N–H and O–H groups in total. The van der Waals surface area contributed by atoms with Crippen molar-refractivity contribution in [3.8, 4) is 0 Å². The van der Waals surface area contributed by atoms with Crippen molar-refractivity contribution >= 4 is 24.4 Å². The fourth-order valence-corrected chi connectivity index (χ4v) is 5.10. The van der Waals surface area contributed by atoms with Crippen LogP contribution < -0.4 is 4.86 Å². The fourth-order valence-electron chi connectivity index (χ4n) is 0.451. The summed E-state index contributed by atoms with van der Waals surface area (Å²) in [7, 11) is -8.07. The van der Waals surface area contributed by atoms with Gasteiger partial charge in [-0.15, -0.1) is 0 Å². The van der Waals surface area contributed by atoms with Crippen molar-refractivity contribution in [3.05, 3.63) is 0 Å². The van der Waals surface area contributed by atoms with Crippen molar-refractivity contribution in [2.45, 2.75) is 0 Å². The van der Waals surface area contributed by atoms with Gasteiger partial charge in [0.1, 0.15) is 0 Å². The van der Waals surface area contributed by atoms with Crippen LogP contribution in [0.4, 0.5) is 12.6 Å². The first-order valence-corrected chi connectivity index (χ1v) is 5.99. The molecule has 1 aromatic heterocycles. The number of halogens is 3. The normalized spacial score (nSPS) is 34.3. The molecule has 1 aliphatic rings. The number of nitrogens with zero attached hydrogens (tertiary/aromatic N) is 2. The third-order valence-electron chi connectivity index (χ3n) is 0.871. The van der Waals surface area contributed by atoms with Gasteiger partial charge in [-0.05, 0) is 0 Å². The van der Waals surface area contributed by atoms with E-state index in [4.69, 9.17) is 0 Å². The van der Waals surface area contributed by atoms with Gasteiger partial charge in [-0.2, -0.15) is 0 Å². The van der Waals surface area contributed by atoms with E-state index < -0.39 is 15.9 Å². The van der Waals surface area contributed by atoms with E-state index >= 15 is 0 Å². The molecular weight excluding hydrogens is 208 g/mol. The molecule has 0 spiro atoms. The van der Waals surface area contributed by atoms with Crippen LogP contribution in [0.1, 0.15) is 0 Å². The first-order valence-electron chi connectivity index (χ1n) is 2.12. The molecule has 1 aliphatic heterocycles. The summed E-state index contributed by atoms with van der Waals surface area (Å²) < 4.78 is 45.0. The Morgan fingerprint density at radius 2 is 2.30 bits per heavy atom. The maximum atomic E-state index is 12.4. The predicted molar refractivity (Wildman–Crippen MR) is 32.9 cm³/mol. The minimum absolute atomic E-state index is 0.0530. The predicted octanol–water partition coefficient (Wildman–Crippen LogP) is 3.36. The average Bonchev–Trinajstić information content (AvgIpc) is 2.41. The summed E-state index contributed by atoms with van der Waals surface area (Å²) in [6.07, 6.45) is 0. The van der Waals surface area contributed by atoms with Gasteiger partial charge in [0.05, 0.1) is 0 Å². The molecule has 1 atom stereocenters. The van der Waals surface area contributed by atoms with E-state index in [1.165, 1.54) is 4.86 Å². The van der Waals surface area contributed by atoms with Crippen molar-refractivity contribution in [1.82, 2.24) is 9.13 Å².